The smallest absolute Gasteiger partial charge is 0.367 e. The zero-order valence-electron chi connectivity index (χ0n) is 14.6. The Morgan fingerprint density at radius 1 is 1.15 bits per heavy atom. The molecule has 0 unspecified atom stereocenters. The summed E-state index contributed by atoms with van der Waals surface area (Å²) in [6.45, 7) is 1.77. The molecular weight excluding hydrogens is 377 g/mol. The van der Waals surface area contributed by atoms with Gasteiger partial charge in [-0.2, -0.15) is 22.8 Å². The number of alkyl halides is 3. The van der Waals surface area contributed by atoms with Crippen molar-refractivity contribution in [2.24, 2.45) is 0 Å². The van der Waals surface area contributed by atoms with Crippen LogP contribution in [0.1, 0.15) is 37.1 Å². The third-order valence-electron chi connectivity index (χ3n) is 4.83. The fraction of sp³-hybridized carbons (Fsp3) is 0.368. The highest BCUT2D eigenvalue weighted by Gasteiger charge is 2.39. The molecule has 142 valence electrons. The Hall–Kier alpha value is -2.28. The van der Waals surface area contributed by atoms with Gasteiger partial charge in [0.15, 0.2) is 11.3 Å². The van der Waals surface area contributed by atoms with Crippen molar-refractivity contribution in [1.29, 1.82) is 0 Å². The molecule has 0 radical (unpaired) electrons. The molecule has 4 nitrogen and oxygen atoms in total. The molecule has 1 saturated carbocycles. The summed E-state index contributed by atoms with van der Waals surface area (Å²) in [6, 6.07) is 8.23. The maximum absolute atomic E-state index is 13.7. The van der Waals surface area contributed by atoms with E-state index in [1.165, 1.54) is 4.52 Å². The lowest BCUT2D eigenvalue weighted by molar-refractivity contribution is -0.140. The Balaban J connectivity index is 1.94. The van der Waals surface area contributed by atoms with Crippen molar-refractivity contribution in [1.82, 2.24) is 14.6 Å². The average Bonchev–Trinajstić information content (AvgIpc) is 3.23. The van der Waals surface area contributed by atoms with Crippen LogP contribution < -0.4 is 5.32 Å². The quantitative estimate of drug-likeness (QED) is 0.616. The van der Waals surface area contributed by atoms with Crippen LogP contribution >= 0.6 is 11.6 Å². The molecule has 0 bridgehead atoms. The summed E-state index contributed by atoms with van der Waals surface area (Å²) in [6.07, 6.45) is -0.358. The number of fused-ring (bicyclic) bond motifs is 1. The maximum Gasteiger partial charge on any atom is 0.435 e. The summed E-state index contributed by atoms with van der Waals surface area (Å²) in [4.78, 5) is 4.37. The van der Waals surface area contributed by atoms with E-state index in [9.17, 15) is 13.2 Å². The van der Waals surface area contributed by atoms with Gasteiger partial charge in [0.25, 0.3) is 0 Å². The molecule has 0 amide bonds. The lowest BCUT2D eigenvalue weighted by Gasteiger charge is -2.15. The number of anilines is 1. The fourth-order valence-corrected chi connectivity index (χ4v) is 3.73. The molecule has 3 aromatic rings. The van der Waals surface area contributed by atoms with E-state index < -0.39 is 11.9 Å². The van der Waals surface area contributed by atoms with E-state index in [1.54, 1.807) is 37.3 Å². The first-order valence-corrected chi connectivity index (χ1v) is 9.21. The van der Waals surface area contributed by atoms with Crippen LogP contribution in [0.4, 0.5) is 19.0 Å². The highest BCUT2D eigenvalue weighted by Crippen LogP contribution is 2.39. The van der Waals surface area contributed by atoms with E-state index in [2.05, 4.69) is 15.4 Å². The Kier molecular flexibility index (Phi) is 4.50. The normalized spacial score (nSPS) is 15.6. The molecule has 1 aliphatic rings. The molecule has 27 heavy (non-hydrogen) atoms. The second-order valence-corrected chi connectivity index (χ2v) is 7.31. The van der Waals surface area contributed by atoms with Crippen molar-refractivity contribution in [3.05, 3.63) is 46.7 Å². The van der Waals surface area contributed by atoms with Crippen molar-refractivity contribution in [2.75, 3.05) is 5.32 Å². The minimum absolute atomic E-state index is 0.0302. The lowest BCUT2D eigenvalue weighted by atomic mass is 10.1. The highest BCUT2D eigenvalue weighted by atomic mass is 35.5. The van der Waals surface area contributed by atoms with Gasteiger partial charge in [0, 0.05) is 22.8 Å². The van der Waals surface area contributed by atoms with Gasteiger partial charge >= 0.3 is 6.18 Å². The van der Waals surface area contributed by atoms with E-state index >= 15 is 0 Å². The van der Waals surface area contributed by atoms with E-state index in [0.29, 0.717) is 22.1 Å². The standard InChI is InChI=1S/C19H18ClF3N4/c1-11-10-15(25-14-4-2-3-5-14)27-18(24-11)16(17(26-27)19(21,22)23)12-6-8-13(20)9-7-12/h6-10,14,25H,2-5H2,1H3. The minimum Gasteiger partial charge on any atom is -0.367 e. The first-order valence-electron chi connectivity index (χ1n) is 8.83. The zero-order chi connectivity index (χ0) is 19.2. The van der Waals surface area contributed by atoms with Crippen molar-refractivity contribution in [2.45, 2.75) is 44.8 Å². The Bertz CT molecular complexity index is 973. The SMILES string of the molecule is Cc1cc(NC2CCCC2)n2nc(C(F)(F)F)c(-c3ccc(Cl)cc3)c2n1. The molecule has 0 atom stereocenters. The molecule has 4 rings (SSSR count). The van der Waals surface area contributed by atoms with Crippen LogP contribution in [0.5, 0.6) is 0 Å². The van der Waals surface area contributed by atoms with E-state index in [4.69, 9.17) is 11.6 Å². The zero-order valence-corrected chi connectivity index (χ0v) is 15.4. The van der Waals surface area contributed by atoms with E-state index in [-0.39, 0.29) is 17.3 Å². The second kappa shape index (κ2) is 6.71. The van der Waals surface area contributed by atoms with Crippen molar-refractivity contribution < 1.29 is 13.2 Å². The number of aryl methyl sites for hydroxylation is 1. The van der Waals surface area contributed by atoms with E-state index in [0.717, 1.165) is 25.7 Å². The first kappa shape index (κ1) is 18.1. The Morgan fingerprint density at radius 2 is 1.81 bits per heavy atom. The lowest BCUT2D eigenvalue weighted by Crippen LogP contribution is -2.18. The summed E-state index contributed by atoms with van der Waals surface area (Å²) < 4.78 is 42.5. The highest BCUT2D eigenvalue weighted by molar-refractivity contribution is 6.30. The summed E-state index contributed by atoms with van der Waals surface area (Å²) in [5, 5.41) is 7.70. The number of rotatable bonds is 3. The average molecular weight is 395 g/mol. The van der Waals surface area contributed by atoms with Gasteiger partial charge in [-0.3, -0.25) is 0 Å². The van der Waals surface area contributed by atoms with Crippen molar-refractivity contribution in [3.63, 3.8) is 0 Å². The van der Waals surface area contributed by atoms with Gasteiger partial charge in [0.1, 0.15) is 5.82 Å². The molecule has 2 heterocycles. The summed E-state index contributed by atoms with van der Waals surface area (Å²) in [7, 11) is 0. The number of nitrogens with one attached hydrogen (secondary N) is 1. The third-order valence-corrected chi connectivity index (χ3v) is 5.08. The van der Waals surface area contributed by atoms with Crippen LogP contribution in [0.3, 0.4) is 0 Å². The van der Waals surface area contributed by atoms with Crippen LogP contribution in [0.25, 0.3) is 16.8 Å². The van der Waals surface area contributed by atoms with Crippen LogP contribution in [0.2, 0.25) is 5.02 Å². The van der Waals surface area contributed by atoms with Gasteiger partial charge in [0.2, 0.25) is 0 Å². The molecule has 1 fully saturated rings. The number of hydrogen-bond donors (Lipinski definition) is 1. The summed E-state index contributed by atoms with van der Waals surface area (Å²) in [5.41, 5.74) is 0.221. The van der Waals surface area contributed by atoms with Gasteiger partial charge in [-0.05, 0) is 37.5 Å². The van der Waals surface area contributed by atoms with Gasteiger partial charge in [-0.15, -0.1) is 0 Å². The van der Waals surface area contributed by atoms with Crippen molar-refractivity contribution in [3.8, 4) is 11.1 Å². The van der Waals surface area contributed by atoms with Crippen LogP contribution in [0.15, 0.2) is 30.3 Å². The number of hydrogen-bond acceptors (Lipinski definition) is 3. The third kappa shape index (κ3) is 3.48. The predicted octanol–water partition coefficient (Wildman–Crippen LogP) is 5.73. The first-order chi connectivity index (χ1) is 12.8. The molecule has 2 aromatic heterocycles. The minimum atomic E-state index is -4.60. The van der Waals surface area contributed by atoms with Gasteiger partial charge in [-0.1, -0.05) is 36.6 Å². The number of nitrogens with zero attached hydrogens (tertiary/aromatic N) is 3. The molecule has 1 N–H and O–H groups in total. The van der Waals surface area contributed by atoms with Gasteiger partial charge in [-0.25, -0.2) is 4.98 Å². The molecule has 8 heteroatoms. The molecule has 0 spiro atoms. The van der Waals surface area contributed by atoms with Crippen LogP contribution in [-0.2, 0) is 6.18 Å². The van der Waals surface area contributed by atoms with Gasteiger partial charge in [0.05, 0.1) is 5.56 Å². The summed E-state index contributed by atoms with van der Waals surface area (Å²) >= 11 is 5.90. The molecule has 0 aliphatic heterocycles. The maximum atomic E-state index is 13.7. The van der Waals surface area contributed by atoms with E-state index in [1.807, 2.05) is 0 Å². The fourth-order valence-electron chi connectivity index (χ4n) is 3.60. The number of aromatic nitrogens is 3. The molecule has 1 aromatic carbocycles. The summed E-state index contributed by atoms with van der Waals surface area (Å²) in [5.74, 6) is 0.537. The monoisotopic (exact) mass is 394 g/mol. The molecule has 1 aliphatic carbocycles. The Labute approximate surface area is 159 Å². The topological polar surface area (TPSA) is 42.2 Å². The van der Waals surface area contributed by atoms with Gasteiger partial charge < -0.3 is 5.32 Å². The van der Waals surface area contributed by atoms with Crippen LogP contribution in [0, 0.1) is 6.92 Å². The van der Waals surface area contributed by atoms with Crippen molar-refractivity contribution >= 4 is 23.1 Å². The largest absolute Gasteiger partial charge is 0.435 e. The van der Waals surface area contributed by atoms with Crippen LogP contribution in [-0.4, -0.2) is 20.6 Å². The second-order valence-electron chi connectivity index (χ2n) is 6.87. The molecule has 0 saturated heterocycles. The molecular formula is C19H18ClF3N4. The number of benzene rings is 1. The number of halogens is 4. The Morgan fingerprint density at radius 3 is 2.44 bits per heavy atom. The predicted molar refractivity (Wildman–Crippen MR) is 99.1 cm³/mol.